The molecule has 0 saturated heterocycles. The minimum atomic E-state index is 0.149. The van der Waals surface area contributed by atoms with E-state index in [9.17, 15) is 0 Å². The first kappa shape index (κ1) is 11.8. The predicted molar refractivity (Wildman–Crippen MR) is 57.4 cm³/mol. The van der Waals surface area contributed by atoms with E-state index in [0.29, 0.717) is 18.4 Å². The molecular weight excluding hydrogens is 162 g/mol. The SMILES string of the molecule is C#CCC(CC)N=C(N)NC(C)C. The van der Waals surface area contributed by atoms with E-state index in [-0.39, 0.29) is 6.04 Å². The molecule has 0 aromatic carbocycles. The van der Waals surface area contributed by atoms with Gasteiger partial charge in [0.05, 0.1) is 6.04 Å². The van der Waals surface area contributed by atoms with Crippen LogP contribution in [-0.4, -0.2) is 18.0 Å². The summed E-state index contributed by atoms with van der Waals surface area (Å²) in [5, 5.41) is 3.03. The maximum atomic E-state index is 5.65. The van der Waals surface area contributed by atoms with Gasteiger partial charge in [0, 0.05) is 12.5 Å². The van der Waals surface area contributed by atoms with Gasteiger partial charge in [-0.1, -0.05) is 6.92 Å². The van der Waals surface area contributed by atoms with Gasteiger partial charge in [0.15, 0.2) is 5.96 Å². The molecule has 0 radical (unpaired) electrons. The molecule has 1 unspecified atom stereocenters. The molecule has 0 aliphatic heterocycles. The molecule has 3 heteroatoms. The maximum Gasteiger partial charge on any atom is 0.189 e. The minimum Gasteiger partial charge on any atom is -0.370 e. The summed E-state index contributed by atoms with van der Waals surface area (Å²) in [5.74, 6) is 3.07. The summed E-state index contributed by atoms with van der Waals surface area (Å²) in [6.07, 6.45) is 6.77. The second-order valence-corrected chi connectivity index (χ2v) is 3.28. The lowest BCUT2D eigenvalue weighted by Crippen LogP contribution is -2.37. The molecule has 0 aliphatic rings. The Balaban J connectivity index is 4.09. The highest BCUT2D eigenvalue weighted by molar-refractivity contribution is 5.78. The van der Waals surface area contributed by atoms with Crippen LogP contribution in [0.1, 0.15) is 33.6 Å². The minimum absolute atomic E-state index is 0.149. The molecule has 0 aromatic rings. The lowest BCUT2D eigenvalue weighted by molar-refractivity contribution is 0.652. The van der Waals surface area contributed by atoms with E-state index in [0.717, 1.165) is 6.42 Å². The highest BCUT2D eigenvalue weighted by atomic mass is 15.1. The van der Waals surface area contributed by atoms with Crippen LogP contribution in [0.25, 0.3) is 0 Å². The zero-order valence-corrected chi connectivity index (χ0v) is 8.67. The summed E-state index contributed by atoms with van der Waals surface area (Å²) in [5.41, 5.74) is 5.65. The van der Waals surface area contributed by atoms with Crippen molar-refractivity contribution >= 4 is 5.96 Å². The Hall–Kier alpha value is -1.17. The van der Waals surface area contributed by atoms with Crippen LogP contribution in [0, 0.1) is 12.3 Å². The van der Waals surface area contributed by atoms with E-state index in [1.807, 2.05) is 20.8 Å². The Bertz CT molecular complexity index is 201. The van der Waals surface area contributed by atoms with E-state index in [4.69, 9.17) is 12.2 Å². The fourth-order valence-electron chi connectivity index (χ4n) is 0.947. The normalized spacial score (nSPS) is 13.9. The molecule has 0 rings (SSSR count). The molecule has 3 N–H and O–H groups in total. The molecule has 0 aromatic heterocycles. The largest absolute Gasteiger partial charge is 0.370 e. The zero-order chi connectivity index (χ0) is 10.3. The first-order chi connectivity index (χ1) is 6.10. The van der Waals surface area contributed by atoms with Crippen molar-refractivity contribution in [3.8, 4) is 12.3 Å². The number of guanidine groups is 1. The van der Waals surface area contributed by atoms with Crippen LogP contribution in [0.5, 0.6) is 0 Å². The van der Waals surface area contributed by atoms with Crippen LogP contribution in [0.2, 0.25) is 0 Å². The van der Waals surface area contributed by atoms with Gasteiger partial charge in [-0.3, -0.25) is 0 Å². The molecule has 0 fully saturated rings. The van der Waals surface area contributed by atoms with Gasteiger partial charge in [0.2, 0.25) is 0 Å². The average molecular weight is 181 g/mol. The molecule has 74 valence electrons. The highest BCUT2D eigenvalue weighted by Gasteiger charge is 2.03. The van der Waals surface area contributed by atoms with Gasteiger partial charge in [-0.2, -0.15) is 0 Å². The van der Waals surface area contributed by atoms with Crippen molar-refractivity contribution in [2.45, 2.75) is 45.7 Å². The molecule has 0 aliphatic carbocycles. The Morgan fingerprint density at radius 2 is 2.23 bits per heavy atom. The Morgan fingerprint density at radius 1 is 1.62 bits per heavy atom. The third-order valence-corrected chi connectivity index (χ3v) is 1.58. The van der Waals surface area contributed by atoms with E-state index < -0.39 is 0 Å². The first-order valence-electron chi connectivity index (χ1n) is 4.63. The monoisotopic (exact) mass is 181 g/mol. The second kappa shape index (κ2) is 6.36. The standard InChI is InChI=1S/C10H19N3/c1-5-7-9(6-2)13-10(11)12-8(3)4/h1,8-9H,6-7H2,2-4H3,(H3,11,12,13). The molecule has 0 spiro atoms. The predicted octanol–water partition coefficient (Wildman–Crippen LogP) is 1.10. The third-order valence-electron chi connectivity index (χ3n) is 1.58. The number of nitrogens with zero attached hydrogens (tertiary/aromatic N) is 1. The molecule has 0 amide bonds. The van der Waals surface area contributed by atoms with E-state index >= 15 is 0 Å². The molecular formula is C10H19N3. The lowest BCUT2D eigenvalue weighted by Gasteiger charge is -2.11. The molecule has 3 nitrogen and oxygen atoms in total. The fourth-order valence-corrected chi connectivity index (χ4v) is 0.947. The zero-order valence-electron chi connectivity index (χ0n) is 8.67. The number of aliphatic imine (C=N–C) groups is 1. The Kier molecular flexibility index (Phi) is 5.79. The van der Waals surface area contributed by atoms with Gasteiger partial charge in [0.1, 0.15) is 0 Å². The molecule has 1 atom stereocenters. The fraction of sp³-hybridized carbons (Fsp3) is 0.700. The van der Waals surface area contributed by atoms with Crippen molar-refractivity contribution in [3.05, 3.63) is 0 Å². The van der Waals surface area contributed by atoms with Crippen LogP contribution >= 0.6 is 0 Å². The quantitative estimate of drug-likeness (QED) is 0.387. The van der Waals surface area contributed by atoms with E-state index in [1.165, 1.54) is 0 Å². The summed E-state index contributed by atoms with van der Waals surface area (Å²) in [6.45, 7) is 6.09. The van der Waals surface area contributed by atoms with Crippen LogP contribution in [0.3, 0.4) is 0 Å². The van der Waals surface area contributed by atoms with Gasteiger partial charge < -0.3 is 11.1 Å². The van der Waals surface area contributed by atoms with Crippen LogP contribution in [0.4, 0.5) is 0 Å². The number of nitrogens with one attached hydrogen (secondary N) is 1. The van der Waals surface area contributed by atoms with Crippen molar-refractivity contribution in [2.24, 2.45) is 10.7 Å². The molecule has 0 heterocycles. The highest BCUT2D eigenvalue weighted by Crippen LogP contribution is 2.01. The van der Waals surface area contributed by atoms with Crippen molar-refractivity contribution in [3.63, 3.8) is 0 Å². The molecule has 0 bridgehead atoms. The van der Waals surface area contributed by atoms with Gasteiger partial charge in [-0.05, 0) is 20.3 Å². The first-order valence-corrected chi connectivity index (χ1v) is 4.63. The number of hydrogen-bond acceptors (Lipinski definition) is 1. The molecule has 13 heavy (non-hydrogen) atoms. The number of nitrogens with two attached hydrogens (primary N) is 1. The number of rotatable bonds is 4. The Morgan fingerprint density at radius 3 is 2.62 bits per heavy atom. The Labute approximate surface area is 80.8 Å². The topological polar surface area (TPSA) is 50.4 Å². The van der Waals surface area contributed by atoms with Gasteiger partial charge in [-0.15, -0.1) is 12.3 Å². The summed E-state index contributed by atoms with van der Waals surface area (Å²) in [7, 11) is 0. The third kappa shape index (κ3) is 6.03. The van der Waals surface area contributed by atoms with Crippen molar-refractivity contribution < 1.29 is 0 Å². The second-order valence-electron chi connectivity index (χ2n) is 3.28. The molecule has 0 saturated carbocycles. The number of hydrogen-bond donors (Lipinski definition) is 2. The van der Waals surface area contributed by atoms with Gasteiger partial charge in [-0.25, -0.2) is 4.99 Å². The van der Waals surface area contributed by atoms with Gasteiger partial charge >= 0.3 is 0 Å². The summed E-state index contributed by atoms with van der Waals surface area (Å²) >= 11 is 0. The van der Waals surface area contributed by atoms with Gasteiger partial charge in [0.25, 0.3) is 0 Å². The van der Waals surface area contributed by atoms with Crippen LogP contribution in [0.15, 0.2) is 4.99 Å². The summed E-state index contributed by atoms with van der Waals surface area (Å²) in [6, 6.07) is 0.461. The van der Waals surface area contributed by atoms with E-state index in [1.54, 1.807) is 0 Å². The summed E-state index contributed by atoms with van der Waals surface area (Å²) < 4.78 is 0. The smallest absolute Gasteiger partial charge is 0.189 e. The average Bonchev–Trinajstić information content (AvgIpc) is 2.02. The lowest BCUT2D eigenvalue weighted by atomic mass is 10.2. The van der Waals surface area contributed by atoms with Crippen molar-refractivity contribution in [2.75, 3.05) is 0 Å². The number of terminal acetylenes is 1. The maximum absolute atomic E-state index is 5.65. The van der Waals surface area contributed by atoms with Crippen molar-refractivity contribution in [1.29, 1.82) is 0 Å². The van der Waals surface area contributed by atoms with E-state index in [2.05, 4.69) is 16.2 Å². The summed E-state index contributed by atoms with van der Waals surface area (Å²) in [4.78, 5) is 4.27. The van der Waals surface area contributed by atoms with Crippen LogP contribution < -0.4 is 11.1 Å². The van der Waals surface area contributed by atoms with Crippen LogP contribution in [-0.2, 0) is 0 Å². The van der Waals surface area contributed by atoms with Crippen molar-refractivity contribution in [1.82, 2.24) is 5.32 Å².